The number of carboxylic acids is 1. The summed E-state index contributed by atoms with van der Waals surface area (Å²) in [5, 5.41) is 21.8. The number of carbonyl (C=O) groups is 2. The van der Waals surface area contributed by atoms with Crippen molar-refractivity contribution in [3.8, 4) is 6.07 Å². The zero-order valence-corrected chi connectivity index (χ0v) is 14.0. The number of hydrogen-bond acceptors (Lipinski definition) is 4. The lowest BCUT2D eigenvalue weighted by Gasteiger charge is -2.29. The van der Waals surface area contributed by atoms with Crippen LogP contribution in [0.4, 0.5) is 5.69 Å². The SMILES string of the molecule is Cc1c(Cl)cccc1N/C=C(/C#N)C(=O)N1CCC(C(=O)O)CC1. The van der Waals surface area contributed by atoms with Gasteiger partial charge < -0.3 is 15.3 Å². The number of carbonyl (C=O) groups excluding carboxylic acids is 1. The van der Waals surface area contributed by atoms with Crippen molar-refractivity contribution in [3.05, 3.63) is 40.6 Å². The van der Waals surface area contributed by atoms with Crippen molar-refractivity contribution < 1.29 is 14.7 Å². The van der Waals surface area contributed by atoms with E-state index in [4.69, 9.17) is 16.7 Å². The second kappa shape index (κ2) is 7.84. The monoisotopic (exact) mass is 347 g/mol. The number of anilines is 1. The van der Waals surface area contributed by atoms with Crippen LogP contribution in [0.15, 0.2) is 30.0 Å². The van der Waals surface area contributed by atoms with Crippen LogP contribution in [0.5, 0.6) is 0 Å². The van der Waals surface area contributed by atoms with Crippen LogP contribution in [-0.2, 0) is 9.59 Å². The molecule has 0 aromatic heterocycles. The Morgan fingerprint density at radius 1 is 1.42 bits per heavy atom. The van der Waals surface area contributed by atoms with E-state index in [1.165, 1.54) is 11.1 Å². The van der Waals surface area contributed by atoms with Crippen LogP contribution in [0.3, 0.4) is 0 Å². The molecular formula is C17H18ClN3O3. The second-order valence-corrected chi connectivity index (χ2v) is 6.04. The molecule has 1 saturated heterocycles. The van der Waals surface area contributed by atoms with Gasteiger partial charge in [-0.2, -0.15) is 5.26 Å². The molecule has 7 heteroatoms. The number of piperidine rings is 1. The molecule has 6 nitrogen and oxygen atoms in total. The van der Waals surface area contributed by atoms with Crippen LogP contribution < -0.4 is 5.32 Å². The van der Waals surface area contributed by atoms with E-state index in [-0.39, 0.29) is 5.57 Å². The van der Waals surface area contributed by atoms with E-state index in [9.17, 15) is 14.9 Å². The van der Waals surface area contributed by atoms with Crippen LogP contribution in [0.1, 0.15) is 18.4 Å². The largest absolute Gasteiger partial charge is 0.481 e. The summed E-state index contributed by atoms with van der Waals surface area (Å²) in [7, 11) is 0. The molecule has 2 rings (SSSR count). The van der Waals surface area contributed by atoms with Crippen molar-refractivity contribution in [1.29, 1.82) is 5.26 Å². The van der Waals surface area contributed by atoms with Crippen molar-refractivity contribution in [2.45, 2.75) is 19.8 Å². The highest BCUT2D eigenvalue weighted by atomic mass is 35.5. The third-order valence-electron chi connectivity index (χ3n) is 4.12. The van der Waals surface area contributed by atoms with Crippen molar-refractivity contribution >= 4 is 29.2 Å². The van der Waals surface area contributed by atoms with Gasteiger partial charge in [-0.1, -0.05) is 17.7 Å². The van der Waals surface area contributed by atoms with Gasteiger partial charge in [0.05, 0.1) is 5.92 Å². The molecule has 1 amide bonds. The third-order valence-corrected chi connectivity index (χ3v) is 4.53. The molecule has 1 aromatic rings. The minimum atomic E-state index is -0.837. The van der Waals surface area contributed by atoms with Gasteiger partial charge in [-0.3, -0.25) is 9.59 Å². The molecule has 0 atom stereocenters. The summed E-state index contributed by atoms with van der Waals surface area (Å²) in [5.41, 5.74) is 1.51. The average molecular weight is 348 g/mol. The van der Waals surface area contributed by atoms with E-state index in [0.717, 1.165) is 5.56 Å². The number of benzene rings is 1. The quantitative estimate of drug-likeness (QED) is 0.645. The third kappa shape index (κ3) is 4.06. The molecule has 0 unspecified atom stereocenters. The minimum absolute atomic E-state index is 0.0249. The molecule has 1 aliphatic rings. The fourth-order valence-corrected chi connectivity index (χ4v) is 2.73. The molecule has 24 heavy (non-hydrogen) atoms. The number of nitriles is 1. The normalized spacial score (nSPS) is 15.7. The predicted molar refractivity (Wildman–Crippen MR) is 90.4 cm³/mol. The first-order chi connectivity index (χ1) is 11.4. The highest BCUT2D eigenvalue weighted by Crippen LogP contribution is 2.23. The maximum Gasteiger partial charge on any atom is 0.306 e. The fourth-order valence-electron chi connectivity index (χ4n) is 2.56. The standard InChI is InChI=1S/C17H18ClN3O3/c1-11-14(18)3-2-4-15(11)20-10-13(9-19)16(22)21-7-5-12(6-8-21)17(23)24/h2-4,10,12,20H,5-8H2,1H3,(H,23,24)/b13-10-. The summed E-state index contributed by atoms with van der Waals surface area (Å²) in [6.45, 7) is 2.51. The van der Waals surface area contributed by atoms with Gasteiger partial charge in [0.2, 0.25) is 0 Å². The van der Waals surface area contributed by atoms with Crippen LogP contribution >= 0.6 is 11.6 Å². The highest BCUT2D eigenvalue weighted by Gasteiger charge is 2.28. The number of likely N-dealkylation sites (tertiary alicyclic amines) is 1. The van der Waals surface area contributed by atoms with E-state index in [1.807, 2.05) is 13.0 Å². The van der Waals surface area contributed by atoms with Crippen molar-refractivity contribution in [3.63, 3.8) is 0 Å². The number of rotatable bonds is 4. The number of nitrogens with zero attached hydrogens (tertiary/aromatic N) is 2. The van der Waals surface area contributed by atoms with Crippen LogP contribution in [0.2, 0.25) is 5.02 Å². The molecule has 0 bridgehead atoms. The summed E-state index contributed by atoms with van der Waals surface area (Å²) in [6.07, 6.45) is 2.17. The van der Waals surface area contributed by atoms with Gasteiger partial charge in [-0.25, -0.2) is 0 Å². The summed E-state index contributed by atoms with van der Waals surface area (Å²) in [5.74, 6) is -1.65. The lowest BCUT2D eigenvalue weighted by atomic mass is 9.97. The molecule has 1 aromatic carbocycles. The molecule has 0 aliphatic carbocycles. The molecule has 1 aliphatic heterocycles. The number of carboxylic acid groups (broad SMARTS) is 1. The zero-order valence-electron chi connectivity index (χ0n) is 13.3. The molecule has 2 N–H and O–H groups in total. The van der Waals surface area contributed by atoms with E-state index in [1.54, 1.807) is 18.2 Å². The Morgan fingerprint density at radius 2 is 2.08 bits per heavy atom. The molecule has 0 saturated carbocycles. The summed E-state index contributed by atoms with van der Waals surface area (Å²) in [6, 6.07) is 7.23. The smallest absolute Gasteiger partial charge is 0.306 e. The molecule has 0 radical (unpaired) electrons. The van der Waals surface area contributed by atoms with E-state index in [2.05, 4.69) is 5.32 Å². The molecule has 1 heterocycles. The number of nitrogens with one attached hydrogen (secondary N) is 1. The summed E-state index contributed by atoms with van der Waals surface area (Å²) in [4.78, 5) is 24.9. The van der Waals surface area contributed by atoms with E-state index < -0.39 is 17.8 Å². The Hall–Kier alpha value is -2.52. The average Bonchev–Trinajstić information content (AvgIpc) is 2.58. The van der Waals surface area contributed by atoms with Crippen LogP contribution in [-0.4, -0.2) is 35.0 Å². The molecule has 1 fully saturated rings. The van der Waals surface area contributed by atoms with E-state index >= 15 is 0 Å². The maximum absolute atomic E-state index is 12.4. The zero-order chi connectivity index (χ0) is 17.7. The number of hydrogen-bond donors (Lipinski definition) is 2. The van der Waals surface area contributed by atoms with Crippen molar-refractivity contribution in [2.24, 2.45) is 5.92 Å². The van der Waals surface area contributed by atoms with Gasteiger partial charge in [0.1, 0.15) is 11.6 Å². The summed E-state index contributed by atoms with van der Waals surface area (Å²) >= 11 is 6.04. The fraction of sp³-hybridized carbons (Fsp3) is 0.353. The Kier molecular flexibility index (Phi) is 5.83. The lowest BCUT2D eigenvalue weighted by molar-refractivity contribution is -0.145. The molecular weight excluding hydrogens is 330 g/mol. The minimum Gasteiger partial charge on any atom is -0.481 e. The van der Waals surface area contributed by atoms with E-state index in [0.29, 0.717) is 36.6 Å². The predicted octanol–water partition coefficient (Wildman–Crippen LogP) is 2.79. The first kappa shape index (κ1) is 17.8. The Balaban J connectivity index is 2.05. The van der Waals surface area contributed by atoms with Gasteiger partial charge in [0, 0.05) is 30.0 Å². The van der Waals surface area contributed by atoms with Gasteiger partial charge in [0.15, 0.2) is 0 Å². The Bertz CT molecular complexity index is 716. The van der Waals surface area contributed by atoms with Gasteiger partial charge in [-0.15, -0.1) is 0 Å². The van der Waals surface area contributed by atoms with Gasteiger partial charge in [-0.05, 0) is 37.5 Å². The van der Waals surface area contributed by atoms with Crippen molar-refractivity contribution in [1.82, 2.24) is 4.90 Å². The van der Waals surface area contributed by atoms with Gasteiger partial charge in [0.25, 0.3) is 5.91 Å². The van der Waals surface area contributed by atoms with Gasteiger partial charge >= 0.3 is 5.97 Å². The van der Waals surface area contributed by atoms with Crippen molar-refractivity contribution in [2.75, 3.05) is 18.4 Å². The summed E-state index contributed by atoms with van der Waals surface area (Å²) < 4.78 is 0. The highest BCUT2D eigenvalue weighted by molar-refractivity contribution is 6.31. The topological polar surface area (TPSA) is 93.4 Å². The number of halogens is 1. The Labute approximate surface area is 145 Å². The number of amides is 1. The lowest BCUT2D eigenvalue weighted by Crippen LogP contribution is -2.40. The first-order valence-electron chi connectivity index (χ1n) is 7.58. The molecule has 126 valence electrons. The second-order valence-electron chi connectivity index (χ2n) is 5.63. The maximum atomic E-state index is 12.4. The first-order valence-corrected chi connectivity index (χ1v) is 7.96. The van der Waals surface area contributed by atoms with Crippen LogP contribution in [0, 0.1) is 24.2 Å². The molecule has 0 spiro atoms. The Morgan fingerprint density at radius 3 is 2.67 bits per heavy atom. The van der Waals surface area contributed by atoms with Crippen LogP contribution in [0.25, 0.3) is 0 Å². The number of aliphatic carboxylic acids is 1.